The van der Waals surface area contributed by atoms with Crippen LogP contribution in [0.25, 0.3) is 0 Å². The quantitative estimate of drug-likeness (QED) is 0.681. The molecule has 2 aliphatic heterocycles. The van der Waals surface area contributed by atoms with Crippen molar-refractivity contribution < 1.29 is 22.7 Å². The van der Waals surface area contributed by atoms with Crippen molar-refractivity contribution in [2.45, 2.75) is 29.7 Å². The van der Waals surface area contributed by atoms with E-state index in [0.717, 1.165) is 5.56 Å². The molecule has 1 fully saturated rings. The van der Waals surface area contributed by atoms with Crippen LogP contribution in [0.15, 0.2) is 76.5 Å². The number of sulfone groups is 1. The molecule has 2 unspecified atom stereocenters. The third-order valence-corrected chi connectivity index (χ3v) is 7.71. The molecule has 0 radical (unpaired) electrons. The standard InChI is InChI=1S/C22H23NO5S/c1-27-22(28-2)14-18-19(29(25,26)17-11-7-4-8-12-17)13-20(22)23(21(18)24)15-16-9-5-3-6-10-16/h3-13,18,20H,14-15H2,1-2H3. The molecule has 152 valence electrons. The minimum absolute atomic E-state index is 0.132. The number of benzene rings is 2. The van der Waals surface area contributed by atoms with E-state index in [4.69, 9.17) is 9.47 Å². The Balaban J connectivity index is 1.80. The van der Waals surface area contributed by atoms with Crippen LogP contribution in [0, 0.1) is 5.92 Å². The first-order chi connectivity index (χ1) is 13.9. The fraction of sp³-hybridized carbons (Fsp3) is 0.318. The van der Waals surface area contributed by atoms with Gasteiger partial charge in [-0.2, -0.15) is 0 Å². The van der Waals surface area contributed by atoms with Crippen molar-refractivity contribution in [2.24, 2.45) is 5.92 Å². The Hall–Kier alpha value is -2.48. The minimum atomic E-state index is -3.79. The zero-order chi connectivity index (χ0) is 20.6. The lowest BCUT2D eigenvalue weighted by molar-refractivity contribution is -0.258. The first-order valence-corrected chi connectivity index (χ1v) is 10.9. The molecule has 2 aromatic carbocycles. The van der Waals surface area contributed by atoms with E-state index >= 15 is 0 Å². The second-order valence-corrected chi connectivity index (χ2v) is 9.21. The summed E-state index contributed by atoms with van der Waals surface area (Å²) in [5, 5.41) is 0. The molecule has 0 saturated carbocycles. The van der Waals surface area contributed by atoms with Gasteiger partial charge in [-0.25, -0.2) is 8.42 Å². The van der Waals surface area contributed by atoms with Gasteiger partial charge in [0.1, 0.15) is 6.04 Å². The van der Waals surface area contributed by atoms with Crippen molar-refractivity contribution in [3.63, 3.8) is 0 Å². The highest BCUT2D eigenvalue weighted by atomic mass is 32.2. The molecule has 1 amide bonds. The van der Waals surface area contributed by atoms with Crippen molar-refractivity contribution in [3.05, 3.63) is 77.2 Å². The van der Waals surface area contributed by atoms with E-state index in [-0.39, 0.29) is 22.1 Å². The zero-order valence-corrected chi connectivity index (χ0v) is 17.1. The molecule has 0 spiro atoms. The second-order valence-electron chi connectivity index (χ2n) is 7.26. The van der Waals surface area contributed by atoms with Gasteiger partial charge >= 0.3 is 0 Å². The van der Waals surface area contributed by atoms with Crippen molar-refractivity contribution >= 4 is 15.7 Å². The number of amides is 1. The smallest absolute Gasteiger partial charge is 0.232 e. The molecule has 1 aliphatic carbocycles. The highest BCUT2D eigenvalue weighted by molar-refractivity contribution is 7.95. The maximum Gasteiger partial charge on any atom is 0.232 e. The van der Waals surface area contributed by atoms with Gasteiger partial charge in [0.05, 0.1) is 15.7 Å². The number of carbonyl (C=O) groups excluding carboxylic acids is 1. The molecule has 2 heterocycles. The van der Waals surface area contributed by atoms with Gasteiger partial charge in [-0.15, -0.1) is 0 Å². The normalized spacial score (nSPS) is 23.2. The van der Waals surface area contributed by atoms with Crippen LogP contribution in [0.5, 0.6) is 0 Å². The topological polar surface area (TPSA) is 72.9 Å². The Morgan fingerprint density at radius 1 is 1.00 bits per heavy atom. The van der Waals surface area contributed by atoms with Crippen LogP contribution in [0.3, 0.4) is 0 Å². The van der Waals surface area contributed by atoms with Gasteiger partial charge in [-0.3, -0.25) is 4.79 Å². The number of rotatable bonds is 6. The number of carbonyl (C=O) groups is 1. The maximum absolute atomic E-state index is 13.3. The number of ether oxygens (including phenoxy) is 2. The summed E-state index contributed by atoms with van der Waals surface area (Å²) < 4.78 is 37.9. The van der Waals surface area contributed by atoms with Crippen LogP contribution in [-0.4, -0.2) is 45.3 Å². The van der Waals surface area contributed by atoms with Crippen LogP contribution in [0.1, 0.15) is 12.0 Å². The van der Waals surface area contributed by atoms with Crippen LogP contribution in [-0.2, 0) is 30.7 Å². The number of fused-ring (bicyclic) bond motifs is 2. The number of hydrogen-bond donors (Lipinski definition) is 0. The number of hydrogen-bond acceptors (Lipinski definition) is 5. The Labute approximate surface area is 170 Å². The Kier molecular flexibility index (Phi) is 5.06. The summed E-state index contributed by atoms with van der Waals surface area (Å²) in [5.74, 6) is -2.15. The molecule has 6 nitrogen and oxygen atoms in total. The fourth-order valence-corrected chi connectivity index (χ4v) is 5.89. The molecular formula is C22H23NO5S. The van der Waals surface area contributed by atoms with Crippen LogP contribution >= 0.6 is 0 Å². The Bertz CT molecular complexity index is 1030. The van der Waals surface area contributed by atoms with E-state index < -0.39 is 27.6 Å². The predicted molar refractivity (Wildman–Crippen MR) is 107 cm³/mol. The van der Waals surface area contributed by atoms with Crippen molar-refractivity contribution in [2.75, 3.05) is 14.2 Å². The van der Waals surface area contributed by atoms with E-state index in [1.165, 1.54) is 14.2 Å². The highest BCUT2D eigenvalue weighted by Crippen LogP contribution is 2.47. The minimum Gasteiger partial charge on any atom is -0.351 e. The van der Waals surface area contributed by atoms with Gasteiger partial charge in [-0.1, -0.05) is 48.5 Å². The molecule has 5 rings (SSSR count). The molecule has 2 aromatic rings. The van der Waals surface area contributed by atoms with Crippen molar-refractivity contribution in [1.82, 2.24) is 4.90 Å². The monoisotopic (exact) mass is 413 g/mol. The summed E-state index contributed by atoms with van der Waals surface area (Å²) in [6, 6.07) is 17.1. The first-order valence-electron chi connectivity index (χ1n) is 9.39. The first kappa shape index (κ1) is 19.8. The van der Waals surface area contributed by atoms with Crippen LogP contribution in [0.2, 0.25) is 0 Å². The Morgan fingerprint density at radius 2 is 1.59 bits per heavy atom. The molecule has 0 aromatic heterocycles. The molecule has 7 heteroatoms. The Morgan fingerprint density at radius 3 is 2.17 bits per heavy atom. The third-order valence-electron chi connectivity index (χ3n) is 5.77. The summed E-state index contributed by atoms with van der Waals surface area (Å²) in [6.07, 6.45) is 1.79. The summed E-state index contributed by atoms with van der Waals surface area (Å²) in [5.41, 5.74) is 0.954. The van der Waals surface area contributed by atoms with E-state index in [0.29, 0.717) is 6.54 Å². The van der Waals surface area contributed by atoms with Crippen molar-refractivity contribution in [3.8, 4) is 0 Å². The van der Waals surface area contributed by atoms with Crippen LogP contribution in [0.4, 0.5) is 0 Å². The molecule has 1 saturated heterocycles. The summed E-state index contributed by atoms with van der Waals surface area (Å²) >= 11 is 0. The highest BCUT2D eigenvalue weighted by Gasteiger charge is 2.58. The maximum atomic E-state index is 13.3. The van der Waals surface area contributed by atoms with Gasteiger partial charge < -0.3 is 14.4 Å². The van der Waals surface area contributed by atoms with Gasteiger partial charge in [0, 0.05) is 27.2 Å². The molecular weight excluding hydrogens is 390 g/mol. The SMILES string of the molecule is COC1(OC)CC2C(=O)N(Cc3ccccc3)C1C=C2S(=O)(=O)c1ccccc1. The molecule has 2 bridgehead atoms. The van der Waals surface area contributed by atoms with Crippen molar-refractivity contribution in [1.29, 1.82) is 0 Å². The van der Waals surface area contributed by atoms with E-state index in [9.17, 15) is 13.2 Å². The molecule has 2 atom stereocenters. The number of methoxy groups -OCH3 is 2. The van der Waals surface area contributed by atoms with E-state index in [2.05, 4.69) is 0 Å². The second kappa shape index (κ2) is 7.40. The van der Waals surface area contributed by atoms with Crippen LogP contribution < -0.4 is 0 Å². The fourth-order valence-electron chi connectivity index (χ4n) is 4.24. The summed E-state index contributed by atoms with van der Waals surface area (Å²) in [7, 11) is -0.741. The van der Waals surface area contributed by atoms with E-state index in [1.807, 2.05) is 30.3 Å². The lowest BCUT2D eigenvalue weighted by atomic mass is 9.79. The van der Waals surface area contributed by atoms with Gasteiger partial charge in [-0.05, 0) is 23.8 Å². The predicted octanol–water partition coefficient (Wildman–Crippen LogP) is 2.76. The number of piperidine rings is 1. The summed E-state index contributed by atoms with van der Waals surface area (Å²) in [6.45, 7) is 0.352. The average Bonchev–Trinajstić information content (AvgIpc) is 2.77. The molecule has 29 heavy (non-hydrogen) atoms. The molecule has 0 N–H and O–H groups in total. The lowest BCUT2D eigenvalue weighted by Crippen LogP contribution is -2.65. The third kappa shape index (κ3) is 3.19. The number of nitrogens with zero attached hydrogens (tertiary/aromatic N) is 1. The average molecular weight is 413 g/mol. The van der Waals surface area contributed by atoms with Gasteiger partial charge in [0.25, 0.3) is 0 Å². The van der Waals surface area contributed by atoms with Gasteiger partial charge in [0.2, 0.25) is 15.7 Å². The largest absolute Gasteiger partial charge is 0.351 e. The van der Waals surface area contributed by atoms with Gasteiger partial charge in [0.15, 0.2) is 5.79 Å². The zero-order valence-electron chi connectivity index (χ0n) is 16.3. The van der Waals surface area contributed by atoms with E-state index in [1.54, 1.807) is 41.3 Å². The summed E-state index contributed by atoms with van der Waals surface area (Å²) in [4.78, 5) is 15.3. The molecule has 3 aliphatic rings. The lowest BCUT2D eigenvalue weighted by Gasteiger charge is -2.52.